The van der Waals surface area contributed by atoms with Crippen molar-refractivity contribution in [3.63, 3.8) is 0 Å². The van der Waals surface area contributed by atoms with Gasteiger partial charge in [-0.15, -0.1) is 0 Å². The molecule has 4 nitrogen and oxygen atoms in total. The van der Waals surface area contributed by atoms with Crippen LogP contribution >= 0.6 is 15.9 Å². The summed E-state index contributed by atoms with van der Waals surface area (Å²) in [4.78, 5) is 14.4. The Kier molecular flexibility index (Phi) is 3.81. The van der Waals surface area contributed by atoms with Crippen LogP contribution in [0.4, 0.5) is 10.1 Å². The molecule has 124 valence electrons. The molecule has 4 rings (SSSR count). The summed E-state index contributed by atoms with van der Waals surface area (Å²) in [7, 11) is 0. The average Bonchev–Trinajstić information content (AvgIpc) is 3.18. The number of benzene rings is 2. The van der Waals surface area contributed by atoms with Crippen molar-refractivity contribution in [2.24, 2.45) is 0 Å². The lowest BCUT2D eigenvalue weighted by Crippen LogP contribution is -2.28. The third kappa shape index (κ3) is 2.61. The van der Waals surface area contributed by atoms with Crippen molar-refractivity contribution in [3.8, 4) is 6.07 Å². The summed E-state index contributed by atoms with van der Waals surface area (Å²) < 4.78 is 16.8. The van der Waals surface area contributed by atoms with Crippen molar-refractivity contribution in [3.05, 3.63) is 64.5 Å². The number of hydrogen-bond acceptors (Lipinski definition) is 2. The quantitative estimate of drug-likeness (QED) is 0.643. The van der Waals surface area contributed by atoms with Gasteiger partial charge in [0.1, 0.15) is 11.9 Å². The second kappa shape index (κ2) is 6.01. The highest BCUT2D eigenvalue weighted by atomic mass is 79.9. The predicted molar refractivity (Wildman–Crippen MR) is 96.8 cm³/mol. The summed E-state index contributed by atoms with van der Waals surface area (Å²) in [5, 5.41) is 10.1. The molecule has 3 aromatic rings. The number of halogens is 2. The zero-order chi connectivity index (χ0) is 17.6. The number of carbonyl (C=O) groups excluding carboxylic acids is 1. The van der Waals surface area contributed by atoms with Gasteiger partial charge in [0, 0.05) is 17.2 Å². The highest BCUT2D eigenvalue weighted by molar-refractivity contribution is 9.10. The molecule has 1 saturated heterocycles. The number of fused-ring (bicyclic) bond motifs is 1. The van der Waals surface area contributed by atoms with E-state index >= 15 is 0 Å². The van der Waals surface area contributed by atoms with Crippen LogP contribution in [0.5, 0.6) is 0 Å². The molecule has 1 fully saturated rings. The molecule has 0 bridgehead atoms. The average molecular weight is 398 g/mol. The highest BCUT2D eigenvalue weighted by Gasteiger charge is 2.35. The first-order chi connectivity index (χ1) is 12.1. The van der Waals surface area contributed by atoms with Crippen LogP contribution in [0, 0.1) is 17.1 Å². The fourth-order valence-electron chi connectivity index (χ4n) is 3.35. The van der Waals surface area contributed by atoms with Gasteiger partial charge in [-0.05, 0) is 48.2 Å². The molecule has 1 unspecified atom stereocenters. The summed E-state index contributed by atoms with van der Waals surface area (Å²) in [6, 6.07) is 13.8. The Bertz CT molecular complexity index is 1040. The lowest BCUT2D eigenvalue weighted by molar-refractivity contribution is -0.119. The largest absolute Gasteiger partial charge is 0.335 e. The van der Waals surface area contributed by atoms with E-state index in [9.17, 15) is 9.18 Å². The molecule has 1 aromatic heterocycles. The van der Waals surface area contributed by atoms with Crippen molar-refractivity contribution in [1.82, 2.24) is 4.57 Å². The van der Waals surface area contributed by atoms with E-state index in [1.165, 1.54) is 11.0 Å². The maximum absolute atomic E-state index is 14.2. The number of aromatic nitrogens is 1. The van der Waals surface area contributed by atoms with E-state index in [1.54, 1.807) is 24.3 Å². The number of nitriles is 1. The van der Waals surface area contributed by atoms with E-state index in [2.05, 4.69) is 22.0 Å². The first-order valence-electron chi connectivity index (χ1n) is 7.85. The zero-order valence-corrected chi connectivity index (χ0v) is 14.7. The molecule has 0 saturated carbocycles. The fourth-order valence-corrected chi connectivity index (χ4v) is 3.69. The lowest BCUT2D eigenvalue weighted by atomic mass is 10.1. The highest BCUT2D eigenvalue weighted by Crippen LogP contribution is 2.33. The van der Waals surface area contributed by atoms with Crippen LogP contribution in [-0.2, 0) is 4.79 Å². The first kappa shape index (κ1) is 15.9. The van der Waals surface area contributed by atoms with Crippen LogP contribution < -0.4 is 4.90 Å². The summed E-state index contributed by atoms with van der Waals surface area (Å²) >= 11 is 3.23. The molecule has 2 heterocycles. The van der Waals surface area contributed by atoms with Crippen molar-refractivity contribution in [2.75, 3.05) is 11.4 Å². The van der Waals surface area contributed by atoms with Gasteiger partial charge in [-0.25, -0.2) is 4.39 Å². The SMILES string of the molecule is N#Cc1ccc2ccn(C3CCN(c4ccc(Br)cc4F)C3=O)c2c1. The van der Waals surface area contributed by atoms with E-state index in [-0.39, 0.29) is 5.91 Å². The molecule has 1 aliphatic rings. The van der Waals surface area contributed by atoms with Crippen molar-refractivity contribution >= 4 is 38.4 Å². The van der Waals surface area contributed by atoms with Crippen molar-refractivity contribution in [1.29, 1.82) is 5.26 Å². The minimum Gasteiger partial charge on any atom is -0.335 e. The molecule has 2 aromatic carbocycles. The Morgan fingerprint density at radius 1 is 1.20 bits per heavy atom. The number of nitrogens with zero attached hydrogens (tertiary/aromatic N) is 3. The topological polar surface area (TPSA) is 49.0 Å². The maximum atomic E-state index is 14.2. The lowest BCUT2D eigenvalue weighted by Gasteiger charge is -2.18. The Morgan fingerprint density at radius 3 is 2.80 bits per heavy atom. The van der Waals surface area contributed by atoms with Crippen LogP contribution in [0.3, 0.4) is 0 Å². The molecule has 0 aliphatic carbocycles. The number of anilines is 1. The molecule has 25 heavy (non-hydrogen) atoms. The van der Waals surface area contributed by atoms with Crippen LogP contribution in [0.2, 0.25) is 0 Å². The Balaban J connectivity index is 1.72. The van der Waals surface area contributed by atoms with Gasteiger partial charge in [-0.3, -0.25) is 4.79 Å². The van der Waals surface area contributed by atoms with Gasteiger partial charge >= 0.3 is 0 Å². The second-order valence-electron chi connectivity index (χ2n) is 6.00. The Labute approximate surface area is 152 Å². The molecule has 6 heteroatoms. The van der Waals surface area contributed by atoms with Crippen LogP contribution in [0.1, 0.15) is 18.0 Å². The van der Waals surface area contributed by atoms with Gasteiger partial charge in [-0.1, -0.05) is 22.0 Å². The monoisotopic (exact) mass is 397 g/mol. The molecule has 0 radical (unpaired) electrons. The van der Waals surface area contributed by atoms with Crippen molar-refractivity contribution in [2.45, 2.75) is 12.5 Å². The molecule has 0 spiro atoms. The van der Waals surface area contributed by atoms with Crippen LogP contribution in [0.25, 0.3) is 10.9 Å². The minimum atomic E-state index is -0.424. The summed E-state index contributed by atoms with van der Waals surface area (Å²) in [6.07, 6.45) is 2.45. The smallest absolute Gasteiger partial charge is 0.250 e. The summed E-state index contributed by atoms with van der Waals surface area (Å²) in [6.45, 7) is 0.458. The predicted octanol–water partition coefficient (Wildman–Crippen LogP) is 4.39. The van der Waals surface area contributed by atoms with Crippen LogP contribution in [-0.4, -0.2) is 17.0 Å². The van der Waals surface area contributed by atoms with Gasteiger partial charge in [-0.2, -0.15) is 5.26 Å². The van der Waals surface area contributed by atoms with Gasteiger partial charge in [0.25, 0.3) is 0 Å². The minimum absolute atomic E-state index is 0.138. The summed E-state index contributed by atoms with van der Waals surface area (Å²) in [5.41, 5.74) is 1.69. The van der Waals surface area contributed by atoms with Gasteiger partial charge < -0.3 is 9.47 Å². The number of amides is 1. The van der Waals surface area contributed by atoms with Gasteiger partial charge in [0.05, 0.1) is 22.8 Å². The number of carbonyl (C=O) groups is 1. The fraction of sp³-hybridized carbons (Fsp3) is 0.158. The number of rotatable bonds is 2. The number of hydrogen-bond donors (Lipinski definition) is 0. The van der Waals surface area contributed by atoms with E-state index in [0.717, 1.165) is 10.9 Å². The second-order valence-corrected chi connectivity index (χ2v) is 6.91. The van der Waals surface area contributed by atoms with E-state index in [0.29, 0.717) is 28.7 Å². The Hall–Kier alpha value is -2.65. The van der Waals surface area contributed by atoms with Crippen LogP contribution in [0.15, 0.2) is 53.1 Å². The van der Waals surface area contributed by atoms with Gasteiger partial charge in [0.2, 0.25) is 5.91 Å². The molecule has 0 N–H and O–H groups in total. The molecule has 1 amide bonds. The van der Waals surface area contributed by atoms with E-state index < -0.39 is 11.9 Å². The molecular weight excluding hydrogens is 385 g/mol. The Morgan fingerprint density at radius 2 is 2.04 bits per heavy atom. The normalized spacial score (nSPS) is 17.2. The van der Waals surface area contributed by atoms with Gasteiger partial charge in [0.15, 0.2) is 0 Å². The van der Waals surface area contributed by atoms with E-state index in [4.69, 9.17) is 5.26 Å². The molecule has 1 aliphatic heterocycles. The maximum Gasteiger partial charge on any atom is 0.250 e. The van der Waals surface area contributed by atoms with E-state index in [1.807, 2.05) is 22.9 Å². The molecule has 1 atom stereocenters. The standard InChI is InChI=1S/C19H13BrFN3O/c20-14-3-4-16(15(21)10-14)24-8-6-17(19(24)25)23-7-5-13-2-1-12(11-22)9-18(13)23/h1-5,7,9-10,17H,6,8H2. The van der Waals surface area contributed by atoms with Crippen molar-refractivity contribution < 1.29 is 9.18 Å². The zero-order valence-electron chi connectivity index (χ0n) is 13.1. The first-order valence-corrected chi connectivity index (χ1v) is 8.65. The molecular formula is C19H13BrFN3O. The summed E-state index contributed by atoms with van der Waals surface area (Å²) in [5.74, 6) is -0.561. The third-order valence-corrected chi connectivity index (χ3v) is 5.06. The third-order valence-electron chi connectivity index (χ3n) is 4.57.